The Bertz CT molecular complexity index is 410. The number of nitrogens with zero attached hydrogens (tertiary/aromatic N) is 1. The Morgan fingerprint density at radius 2 is 2.26 bits per heavy atom. The summed E-state index contributed by atoms with van der Waals surface area (Å²) in [5.74, 6) is -0.224. The SMILES string of the molecule is CC(CN1CCCC1N)ONC(=O)c1ccccc1. The van der Waals surface area contributed by atoms with Gasteiger partial charge in [0.1, 0.15) is 0 Å². The minimum atomic E-state index is -0.224. The second kappa shape index (κ2) is 6.65. The summed E-state index contributed by atoms with van der Waals surface area (Å²) < 4.78 is 0. The molecule has 2 unspecified atom stereocenters. The van der Waals surface area contributed by atoms with Gasteiger partial charge in [-0.25, -0.2) is 5.48 Å². The molecular weight excluding hydrogens is 242 g/mol. The van der Waals surface area contributed by atoms with Gasteiger partial charge in [-0.3, -0.25) is 14.5 Å². The summed E-state index contributed by atoms with van der Waals surface area (Å²) in [5.41, 5.74) is 9.03. The van der Waals surface area contributed by atoms with Gasteiger partial charge in [0.2, 0.25) is 0 Å². The first-order chi connectivity index (χ1) is 9.16. The Labute approximate surface area is 113 Å². The summed E-state index contributed by atoms with van der Waals surface area (Å²) in [6, 6.07) is 9.01. The van der Waals surface area contributed by atoms with Crippen molar-refractivity contribution >= 4 is 5.91 Å². The van der Waals surface area contributed by atoms with E-state index in [-0.39, 0.29) is 18.2 Å². The maximum Gasteiger partial charge on any atom is 0.274 e. The van der Waals surface area contributed by atoms with Crippen LogP contribution in [0.4, 0.5) is 0 Å². The van der Waals surface area contributed by atoms with Gasteiger partial charge in [-0.2, -0.15) is 0 Å². The highest BCUT2D eigenvalue weighted by atomic mass is 16.7. The zero-order valence-electron chi connectivity index (χ0n) is 11.2. The fraction of sp³-hybridized carbons (Fsp3) is 0.500. The molecule has 1 heterocycles. The number of amides is 1. The third kappa shape index (κ3) is 4.02. The van der Waals surface area contributed by atoms with Gasteiger partial charge < -0.3 is 5.73 Å². The fourth-order valence-electron chi connectivity index (χ4n) is 2.25. The van der Waals surface area contributed by atoms with Crippen LogP contribution in [0.2, 0.25) is 0 Å². The van der Waals surface area contributed by atoms with E-state index in [4.69, 9.17) is 10.6 Å². The Hall–Kier alpha value is -1.43. The number of carbonyl (C=O) groups is 1. The highest BCUT2D eigenvalue weighted by molar-refractivity contribution is 5.93. The molecule has 0 radical (unpaired) electrons. The van der Waals surface area contributed by atoms with E-state index in [0.717, 1.165) is 25.9 Å². The zero-order valence-corrected chi connectivity index (χ0v) is 11.2. The number of likely N-dealkylation sites (tertiary alicyclic amines) is 1. The van der Waals surface area contributed by atoms with E-state index in [9.17, 15) is 4.79 Å². The van der Waals surface area contributed by atoms with Crippen molar-refractivity contribution in [2.24, 2.45) is 5.73 Å². The van der Waals surface area contributed by atoms with Gasteiger partial charge in [-0.05, 0) is 38.4 Å². The van der Waals surface area contributed by atoms with Crippen LogP contribution in [-0.4, -0.2) is 36.2 Å². The van der Waals surface area contributed by atoms with Crippen LogP contribution in [0.1, 0.15) is 30.1 Å². The van der Waals surface area contributed by atoms with Crippen LogP contribution < -0.4 is 11.2 Å². The molecule has 2 atom stereocenters. The Kier molecular flexibility index (Phi) is 4.90. The largest absolute Gasteiger partial charge is 0.316 e. The molecule has 1 fully saturated rings. The van der Waals surface area contributed by atoms with E-state index in [1.54, 1.807) is 12.1 Å². The number of nitrogens with one attached hydrogen (secondary N) is 1. The van der Waals surface area contributed by atoms with E-state index in [1.165, 1.54) is 0 Å². The van der Waals surface area contributed by atoms with E-state index in [1.807, 2.05) is 25.1 Å². The molecule has 1 aliphatic heterocycles. The number of hydrogen-bond donors (Lipinski definition) is 2. The van der Waals surface area contributed by atoms with E-state index in [2.05, 4.69) is 10.4 Å². The summed E-state index contributed by atoms with van der Waals surface area (Å²) in [6.07, 6.45) is 2.19. The molecule has 0 aliphatic carbocycles. The molecule has 5 nitrogen and oxygen atoms in total. The van der Waals surface area contributed by atoms with Crippen LogP contribution in [0.3, 0.4) is 0 Å². The molecule has 1 saturated heterocycles. The lowest BCUT2D eigenvalue weighted by Crippen LogP contribution is -2.42. The highest BCUT2D eigenvalue weighted by Gasteiger charge is 2.22. The van der Waals surface area contributed by atoms with E-state index >= 15 is 0 Å². The van der Waals surface area contributed by atoms with Gasteiger partial charge in [0.25, 0.3) is 5.91 Å². The predicted octanol–water partition coefficient (Wildman–Crippen LogP) is 1.12. The van der Waals surface area contributed by atoms with Crippen molar-refractivity contribution in [1.82, 2.24) is 10.4 Å². The lowest BCUT2D eigenvalue weighted by atomic mass is 10.2. The van der Waals surface area contributed by atoms with Gasteiger partial charge in [-0.15, -0.1) is 0 Å². The molecule has 0 bridgehead atoms. The van der Waals surface area contributed by atoms with E-state index in [0.29, 0.717) is 5.56 Å². The average molecular weight is 263 g/mol. The molecule has 0 spiro atoms. The number of hydroxylamine groups is 1. The van der Waals surface area contributed by atoms with E-state index < -0.39 is 0 Å². The van der Waals surface area contributed by atoms with Crippen LogP contribution in [0, 0.1) is 0 Å². The lowest BCUT2D eigenvalue weighted by Gasteiger charge is -2.24. The number of carbonyl (C=O) groups excluding carboxylic acids is 1. The molecule has 1 aliphatic rings. The van der Waals surface area contributed by atoms with Crippen molar-refractivity contribution in [1.29, 1.82) is 0 Å². The second-order valence-electron chi connectivity index (χ2n) is 4.93. The molecule has 1 amide bonds. The van der Waals surface area contributed by atoms with Crippen molar-refractivity contribution in [3.63, 3.8) is 0 Å². The average Bonchev–Trinajstić information content (AvgIpc) is 2.82. The topological polar surface area (TPSA) is 67.6 Å². The first-order valence-corrected chi connectivity index (χ1v) is 6.67. The maximum absolute atomic E-state index is 11.8. The van der Waals surface area contributed by atoms with Crippen molar-refractivity contribution in [2.75, 3.05) is 13.1 Å². The molecule has 104 valence electrons. The van der Waals surface area contributed by atoms with Gasteiger partial charge in [-0.1, -0.05) is 18.2 Å². The molecule has 0 aromatic heterocycles. The first-order valence-electron chi connectivity index (χ1n) is 6.67. The second-order valence-corrected chi connectivity index (χ2v) is 4.93. The van der Waals surface area contributed by atoms with Crippen molar-refractivity contribution < 1.29 is 9.63 Å². The normalized spacial score (nSPS) is 21.3. The van der Waals surface area contributed by atoms with Crippen LogP contribution >= 0.6 is 0 Å². The molecular formula is C14H21N3O2. The Morgan fingerprint density at radius 1 is 1.53 bits per heavy atom. The third-order valence-corrected chi connectivity index (χ3v) is 3.29. The van der Waals surface area contributed by atoms with Crippen LogP contribution in [0.15, 0.2) is 30.3 Å². The molecule has 3 N–H and O–H groups in total. The minimum Gasteiger partial charge on any atom is -0.316 e. The summed E-state index contributed by atoms with van der Waals surface area (Å²) >= 11 is 0. The summed E-state index contributed by atoms with van der Waals surface area (Å²) in [6.45, 7) is 3.66. The summed E-state index contributed by atoms with van der Waals surface area (Å²) in [7, 11) is 0. The lowest BCUT2D eigenvalue weighted by molar-refractivity contribution is -0.0231. The van der Waals surface area contributed by atoms with Gasteiger partial charge in [0, 0.05) is 12.1 Å². The van der Waals surface area contributed by atoms with Gasteiger partial charge in [0.15, 0.2) is 0 Å². The summed E-state index contributed by atoms with van der Waals surface area (Å²) in [5, 5.41) is 0. The van der Waals surface area contributed by atoms with Crippen molar-refractivity contribution in [2.45, 2.75) is 32.0 Å². The predicted molar refractivity (Wildman–Crippen MR) is 73.2 cm³/mol. The van der Waals surface area contributed by atoms with Crippen molar-refractivity contribution in [3.8, 4) is 0 Å². The number of hydrogen-bond acceptors (Lipinski definition) is 4. The quantitative estimate of drug-likeness (QED) is 0.781. The standard InChI is InChI=1S/C14H21N3O2/c1-11(10-17-9-5-8-13(17)15)19-16-14(18)12-6-3-2-4-7-12/h2-4,6-7,11,13H,5,8-10,15H2,1H3,(H,16,18). The fourth-order valence-corrected chi connectivity index (χ4v) is 2.25. The van der Waals surface area contributed by atoms with Crippen LogP contribution in [-0.2, 0) is 4.84 Å². The Balaban J connectivity index is 1.74. The number of nitrogens with two attached hydrogens (primary N) is 1. The molecule has 19 heavy (non-hydrogen) atoms. The zero-order chi connectivity index (χ0) is 13.7. The molecule has 0 saturated carbocycles. The van der Waals surface area contributed by atoms with Gasteiger partial charge in [0.05, 0.1) is 12.3 Å². The summed E-state index contributed by atoms with van der Waals surface area (Å²) in [4.78, 5) is 19.3. The Morgan fingerprint density at radius 3 is 2.89 bits per heavy atom. The molecule has 1 aromatic carbocycles. The maximum atomic E-state index is 11.8. The smallest absolute Gasteiger partial charge is 0.274 e. The minimum absolute atomic E-state index is 0.0863. The first kappa shape index (κ1) is 14.0. The van der Waals surface area contributed by atoms with Crippen molar-refractivity contribution in [3.05, 3.63) is 35.9 Å². The number of rotatable bonds is 5. The van der Waals surface area contributed by atoms with Gasteiger partial charge >= 0.3 is 0 Å². The van der Waals surface area contributed by atoms with Crippen LogP contribution in [0.5, 0.6) is 0 Å². The molecule has 2 rings (SSSR count). The molecule has 5 heteroatoms. The van der Waals surface area contributed by atoms with Crippen LogP contribution in [0.25, 0.3) is 0 Å². The highest BCUT2D eigenvalue weighted by Crippen LogP contribution is 2.13. The number of benzene rings is 1. The third-order valence-electron chi connectivity index (χ3n) is 3.29. The molecule has 1 aromatic rings. The monoisotopic (exact) mass is 263 g/mol.